The number of aliphatic hydroxyl groups excluding tert-OH is 1. The van der Waals surface area contributed by atoms with E-state index in [-0.39, 0.29) is 0 Å². The number of hydrogen-bond acceptors (Lipinski definition) is 3. The predicted octanol–water partition coefficient (Wildman–Crippen LogP) is -0.400. The molecule has 0 unspecified atom stereocenters. The second kappa shape index (κ2) is 4.14. The van der Waals surface area contributed by atoms with Gasteiger partial charge in [-0.1, -0.05) is 0 Å². The van der Waals surface area contributed by atoms with Crippen molar-refractivity contribution in [1.29, 1.82) is 0 Å². The summed E-state index contributed by atoms with van der Waals surface area (Å²) in [5.41, 5.74) is 5.14. The summed E-state index contributed by atoms with van der Waals surface area (Å²) in [4.78, 5) is 0. The molecule has 8 heavy (non-hydrogen) atoms. The highest BCUT2D eigenvalue weighted by Gasteiger charge is 1.75. The van der Waals surface area contributed by atoms with Crippen molar-refractivity contribution in [1.82, 2.24) is 10.2 Å². The highest BCUT2D eigenvalue weighted by Crippen LogP contribution is 1.86. The van der Waals surface area contributed by atoms with E-state index in [4.69, 9.17) is 10.8 Å². The monoisotopic (exact) mass is 115 g/mol. The van der Waals surface area contributed by atoms with Crippen LogP contribution in [-0.2, 0) is 0 Å². The van der Waals surface area contributed by atoms with Crippen LogP contribution in [0.4, 0.5) is 5.82 Å². The Morgan fingerprint density at radius 3 is 2.50 bits per heavy atom. The molecular weight excluding hydrogens is 106 g/mol. The van der Waals surface area contributed by atoms with E-state index in [0.717, 1.165) is 7.11 Å². The van der Waals surface area contributed by atoms with Gasteiger partial charge < -0.3 is 10.8 Å². The van der Waals surface area contributed by atoms with Gasteiger partial charge >= 0.3 is 0 Å². The molecule has 0 radical (unpaired) electrons. The van der Waals surface area contributed by atoms with Gasteiger partial charge in [-0.2, -0.15) is 5.10 Å². The highest BCUT2D eigenvalue weighted by molar-refractivity contribution is 5.22. The lowest BCUT2D eigenvalue weighted by atomic mass is 10.7. The van der Waals surface area contributed by atoms with E-state index in [2.05, 4.69) is 10.2 Å². The van der Waals surface area contributed by atoms with Crippen molar-refractivity contribution in [3.63, 3.8) is 0 Å². The molecule has 1 aromatic heterocycles. The number of hydrogen-bond donors (Lipinski definition) is 3. The van der Waals surface area contributed by atoms with Crippen LogP contribution in [0.2, 0.25) is 0 Å². The van der Waals surface area contributed by atoms with E-state index in [1.54, 1.807) is 12.3 Å². The molecule has 4 heteroatoms. The Hall–Kier alpha value is -1.03. The molecule has 4 nitrogen and oxygen atoms in total. The van der Waals surface area contributed by atoms with Gasteiger partial charge in [0.25, 0.3) is 0 Å². The van der Waals surface area contributed by atoms with E-state index in [1.165, 1.54) is 0 Å². The zero-order valence-electron chi connectivity index (χ0n) is 4.63. The summed E-state index contributed by atoms with van der Waals surface area (Å²) in [5.74, 6) is 0.537. The normalized spacial score (nSPS) is 7.25. The molecular formula is C4H9N3O. The SMILES string of the molecule is CO.Nc1cc[nH]n1. The van der Waals surface area contributed by atoms with Gasteiger partial charge in [-0.05, 0) is 6.07 Å². The summed E-state index contributed by atoms with van der Waals surface area (Å²) in [6, 6.07) is 1.69. The van der Waals surface area contributed by atoms with Crippen molar-refractivity contribution in [2.45, 2.75) is 0 Å². The van der Waals surface area contributed by atoms with Gasteiger partial charge in [-0.3, -0.25) is 5.10 Å². The number of aromatic nitrogens is 2. The fraction of sp³-hybridized carbons (Fsp3) is 0.250. The Kier molecular flexibility index (Phi) is 3.60. The number of aliphatic hydroxyl groups is 1. The van der Waals surface area contributed by atoms with Crippen LogP contribution in [0.15, 0.2) is 12.3 Å². The predicted molar refractivity (Wildman–Crippen MR) is 31.1 cm³/mol. The van der Waals surface area contributed by atoms with Crippen LogP contribution in [0.5, 0.6) is 0 Å². The minimum Gasteiger partial charge on any atom is -0.400 e. The Balaban J connectivity index is 0.000000222. The number of aromatic amines is 1. The largest absolute Gasteiger partial charge is 0.400 e. The zero-order chi connectivity index (χ0) is 6.41. The second-order valence-corrected chi connectivity index (χ2v) is 0.999. The molecule has 0 aromatic carbocycles. The summed E-state index contributed by atoms with van der Waals surface area (Å²) in [6.07, 6.45) is 1.68. The number of H-pyrrole nitrogens is 1. The summed E-state index contributed by atoms with van der Waals surface area (Å²) in [5, 5.41) is 13.1. The van der Waals surface area contributed by atoms with Gasteiger partial charge in [0.2, 0.25) is 0 Å². The Labute approximate surface area is 47.3 Å². The maximum Gasteiger partial charge on any atom is 0.145 e. The molecule has 0 spiro atoms. The van der Waals surface area contributed by atoms with Crippen LogP contribution in [0.3, 0.4) is 0 Å². The first-order valence-corrected chi connectivity index (χ1v) is 2.09. The van der Waals surface area contributed by atoms with Gasteiger partial charge in [0.15, 0.2) is 0 Å². The standard InChI is InChI=1S/C3H5N3.CH4O/c4-3-1-2-5-6-3;1-2/h1-2H,(H3,4,5,6);2H,1H3. The lowest BCUT2D eigenvalue weighted by Gasteiger charge is -1.67. The number of nitrogens with zero attached hydrogens (tertiary/aromatic N) is 1. The number of anilines is 1. The van der Waals surface area contributed by atoms with Crippen molar-refractivity contribution in [2.75, 3.05) is 12.8 Å². The molecule has 0 atom stereocenters. The van der Waals surface area contributed by atoms with Crippen LogP contribution >= 0.6 is 0 Å². The van der Waals surface area contributed by atoms with Gasteiger partial charge in [-0.25, -0.2) is 0 Å². The fourth-order valence-corrected chi connectivity index (χ4v) is 0.272. The van der Waals surface area contributed by atoms with Crippen molar-refractivity contribution in [3.05, 3.63) is 12.3 Å². The Bertz CT molecular complexity index is 115. The molecule has 1 heterocycles. The first kappa shape index (κ1) is 6.97. The minimum atomic E-state index is 0.537. The molecule has 0 amide bonds. The molecule has 0 bridgehead atoms. The van der Waals surface area contributed by atoms with Gasteiger partial charge in [0, 0.05) is 13.3 Å². The highest BCUT2D eigenvalue weighted by atomic mass is 16.2. The molecule has 46 valence electrons. The van der Waals surface area contributed by atoms with Crippen molar-refractivity contribution in [2.24, 2.45) is 0 Å². The summed E-state index contributed by atoms with van der Waals surface area (Å²) in [7, 11) is 1.00. The minimum absolute atomic E-state index is 0.537. The Morgan fingerprint density at radius 2 is 2.38 bits per heavy atom. The number of nitrogens with two attached hydrogens (primary N) is 1. The van der Waals surface area contributed by atoms with E-state index in [0.29, 0.717) is 5.82 Å². The molecule has 1 rings (SSSR count). The van der Waals surface area contributed by atoms with E-state index >= 15 is 0 Å². The average Bonchev–Trinajstić information content (AvgIpc) is 2.24. The Morgan fingerprint density at radius 1 is 1.75 bits per heavy atom. The number of nitrogens with one attached hydrogen (secondary N) is 1. The fourth-order valence-electron chi connectivity index (χ4n) is 0.272. The van der Waals surface area contributed by atoms with Gasteiger partial charge in [0.05, 0.1) is 0 Å². The maximum atomic E-state index is 7.00. The molecule has 0 aliphatic heterocycles. The van der Waals surface area contributed by atoms with Crippen molar-refractivity contribution in [3.8, 4) is 0 Å². The van der Waals surface area contributed by atoms with Crippen molar-refractivity contribution < 1.29 is 5.11 Å². The zero-order valence-corrected chi connectivity index (χ0v) is 4.63. The molecule has 1 aromatic rings. The molecule has 0 fully saturated rings. The van der Waals surface area contributed by atoms with Crippen LogP contribution in [-0.4, -0.2) is 22.4 Å². The quantitative estimate of drug-likeness (QED) is 0.430. The lowest BCUT2D eigenvalue weighted by molar-refractivity contribution is 0.399. The first-order valence-electron chi connectivity index (χ1n) is 2.09. The smallest absolute Gasteiger partial charge is 0.145 e. The molecule has 4 N–H and O–H groups in total. The van der Waals surface area contributed by atoms with Gasteiger partial charge in [0.1, 0.15) is 5.82 Å². The van der Waals surface area contributed by atoms with Crippen LogP contribution in [0.25, 0.3) is 0 Å². The summed E-state index contributed by atoms with van der Waals surface area (Å²) >= 11 is 0. The first-order chi connectivity index (χ1) is 3.89. The summed E-state index contributed by atoms with van der Waals surface area (Å²) < 4.78 is 0. The molecule has 0 saturated carbocycles. The van der Waals surface area contributed by atoms with Crippen molar-refractivity contribution >= 4 is 5.82 Å². The second-order valence-electron chi connectivity index (χ2n) is 0.999. The van der Waals surface area contributed by atoms with Crippen LogP contribution < -0.4 is 5.73 Å². The third-order valence-corrected chi connectivity index (χ3v) is 0.522. The van der Waals surface area contributed by atoms with Crippen LogP contribution in [0, 0.1) is 0 Å². The molecule has 0 aliphatic rings. The molecule has 0 aliphatic carbocycles. The van der Waals surface area contributed by atoms with Crippen LogP contribution in [0.1, 0.15) is 0 Å². The molecule has 0 saturated heterocycles. The number of nitrogen functional groups attached to an aromatic ring is 1. The topological polar surface area (TPSA) is 74.9 Å². The average molecular weight is 115 g/mol. The van der Waals surface area contributed by atoms with E-state index in [1.807, 2.05) is 0 Å². The maximum absolute atomic E-state index is 7.00. The number of rotatable bonds is 0. The van der Waals surface area contributed by atoms with E-state index < -0.39 is 0 Å². The van der Waals surface area contributed by atoms with Gasteiger partial charge in [-0.15, -0.1) is 0 Å². The third-order valence-electron chi connectivity index (χ3n) is 0.522. The third kappa shape index (κ3) is 2.20. The lowest BCUT2D eigenvalue weighted by Crippen LogP contribution is -1.81. The van der Waals surface area contributed by atoms with E-state index in [9.17, 15) is 0 Å². The summed E-state index contributed by atoms with van der Waals surface area (Å²) in [6.45, 7) is 0.